The zero-order valence-corrected chi connectivity index (χ0v) is 17.6. The van der Waals surface area contributed by atoms with Crippen LogP contribution in [0.1, 0.15) is 27.7 Å². The van der Waals surface area contributed by atoms with Crippen LogP contribution in [0.5, 0.6) is 0 Å². The predicted octanol–water partition coefficient (Wildman–Crippen LogP) is 3.99. The average Bonchev–Trinajstić information content (AvgIpc) is 2.72. The maximum atomic E-state index is 5.91. The SMILES string of the molecule is C[C@H]1CN(C(C)(C)CNc2nc(-c3cccnc3)nc3ccccc23)C[C@H](C)O1. The molecular formula is C23H29N5O. The van der Waals surface area contributed by atoms with Crippen molar-refractivity contribution in [2.75, 3.05) is 25.0 Å². The molecular weight excluding hydrogens is 362 g/mol. The highest BCUT2D eigenvalue weighted by Crippen LogP contribution is 2.26. The Morgan fingerprint density at radius 2 is 1.83 bits per heavy atom. The van der Waals surface area contributed by atoms with Crippen LogP contribution in [0.3, 0.4) is 0 Å². The van der Waals surface area contributed by atoms with E-state index >= 15 is 0 Å². The van der Waals surface area contributed by atoms with Gasteiger partial charge in [-0.25, -0.2) is 9.97 Å². The Bertz CT molecular complexity index is 965. The lowest BCUT2D eigenvalue weighted by atomic mass is 10.00. The van der Waals surface area contributed by atoms with Crippen LogP contribution >= 0.6 is 0 Å². The van der Waals surface area contributed by atoms with Crippen LogP contribution in [0, 0.1) is 0 Å². The summed E-state index contributed by atoms with van der Waals surface area (Å²) in [5.74, 6) is 1.54. The van der Waals surface area contributed by atoms with Crippen molar-refractivity contribution in [3.63, 3.8) is 0 Å². The molecule has 3 aromatic rings. The summed E-state index contributed by atoms with van der Waals surface area (Å²) in [7, 11) is 0. The number of benzene rings is 1. The third-order valence-electron chi connectivity index (χ3n) is 5.49. The van der Waals surface area contributed by atoms with Gasteiger partial charge in [-0.15, -0.1) is 0 Å². The fourth-order valence-corrected chi connectivity index (χ4v) is 3.92. The molecule has 0 spiro atoms. The van der Waals surface area contributed by atoms with E-state index in [1.54, 1.807) is 12.4 Å². The molecule has 29 heavy (non-hydrogen) atoms. The van der Waals surface area contributed by atoms with E-state index in [0.717, 1.165) is 41.9 Å². The number of nitrogens with zero attached hydrogens (tertiary/aromatic N) is 4. The van der Waals surface area contributed by atoms with E-state index in [-0.39, 0.29) is 17.7 Å². The van der Waals surface area contributed by atoms with Crippen LogP contribution in [0.4, 0.5) is 5.82 Å². The highest BCUT2D eigenvalue weighted by molar-refractivity contribution is 5.90. The van der Waals surface area contributed by atoms with E-state index in [2.05, 4.69) is 49.0 Å². The minimum atomic E-state index is -0.0349. The quantitative estimate of drug-likeness (QED) is 0.709. The van der Waals surface area contributed by atoms with Gasteiger partial charge in [-0.2, -0.15) is 0 Å². The Balaban J connectivity index is 1.61. The number of para-hydroxylation sites is 1. The maximum Gasteiger partial charge on any atom is 0.163 e. The van der Waals surface area contributed by atoms with Crippen molar-refractivity contribution in [2.24, 2.45) is 0 Å². The minimum absolute atomic E-state index is 0.0349. The zero-order chi connectivity index (χ0) is 20.4. The summed E-state index contributed by atoms with van der Waals surface area (Å²) >= 11 is 0. The number of pyridine rings is 1. The number of ether oxygens (including phenoxy) is 1. The van der Waals surface area contributed by atoms with Crippen molar-refractivity contribution in [2.45, 2.75) is 45.4 Å². The molecule has 1 fully saturated rings. The number of morpholine rings is 1. The zero-order valence-electron chi connectivity index (χ0n) is 17.6. The molecule has 3 heterocycles. The van der Waals surface area contributed by atoms with Gasteiger partial charge in [-0.1, -0.05) is 12.1 Å². The standard InChI is InChI=1S/C23H29N5O/c1-16-13-28(14-17(2)29-16)23(3,4)15-25-22-19-9-5-6-10-20(19)26-21(27-22)18-8-7-11-24-12-18/h5-12,16-17H,13-15H2,1-4H3,(H,25,26,27)/t16-,17-/m0/s1. The first-order valence-electron chi connectivity index (χ1n) is 10.2. The lowest BCUT2D eigenvalue weighted by Crippen LogP contribution is -2.57. The Labute approximate surface area is 172 Å². The van der Waals surface area contributed by atoms with Crippen LogP contribution in [-0.4, -0.2) is 57.2 Å². The van der Waals surface area contributed by atoms with E-state index in [0.29, 0.717) is 5.82 Å². The number of nitrogens with one attached hydrogen (secondary N) is 1. The third kappa shape index (κ3) is 4.38. The Kier molecular flexibility index (Phi) is 5.48. The number of anilines is 1. The molecule has 6 nitrogen and oxygen atoms in total. The monoisotopic (exact) mass is 391 g/mol. The normalized spacial score (nSPS) is 20.7. The van der Waals surface area contributed by atoms with Crippen molar-refractivity contribution in [3.8, 4) is 11.4 Å². The lowest BCUT2D eigenvalue weighted by Gasteiger charge is -2.45. The molecule has 4 rings (SSSR count). The predicted molar refractivity (Wildman–Crippen MR) is 117 cm³/mol. The van der Waals surface area contributed by atoms with E-state index in [1.165, 1.54) is 0 Å². The maximum absolute atomic E-state index is 5.91. The summed E-state index contributed by atoms with van der Waals surface area (Å²) in [6.45, 7) is 11.5. The Hall–Kier alpha value is -2.57. The molecule has 1 aliphatic rings. The second-order valence-electron chi connectivity index (χ2n) is 8.48. The largest absolute Gasteiger partial charge is 0.373 e. The van der Waals surface area contributed by atoms with Crippen LogP contribution in [0.15, 0.2) is 48.8 Å². The van der Waals surface area contributed by atoms with Gasteiger partial charge in [0.2, 0.25) is 0 Å². The van der Waals surface area contributed by atoms with Gasteiger partial charge in [0, 0.05) is 48.5 Å². The highest BCUT2D eigenvalue weighted by atomic mass is 16.5. The summed E-state index contributed by atoms with van der Waals surface area (Å²) in [4.78, 5) is 16.3. The lowest BCUT2D eigenvalue weighted by molar-refractivity contribution is -0.0933. The Morgan fingerprint density at radius 1 is 1.07 bits per heavy atom. The van der Waals surface area contributed by atoms with E-state index < -0.39 is 0 Å². The van der Waals surface area contributed by atoms with Gasteiger partial charge in [0.25, 0.3) is 0 Å². The summed E-state index contributed by atoms with van der Waals surface area (Å²) in [5, 5.41) is 4.64. The molecule has 1 N–H and O–H groups in total. The van der Waals surface area contributed by atoms with Crippen molar-refractivity contribution in [1.82, 2.24) is 19.9 Å². The van der Waals surface area contributed by atoms with Gasteiger partial charge in [0.05, 0.1) is 17.7 Å². The summed E-state index contributed by atoms with van der Waals surface area (Å²) in [5.41, 5.74) is 1.80. The van der Waals surface area contributed by atoms with Crippen molar-refractivity contribution in [3.05, 3.63) is 48.8 Å². The highest BCUT2D eigenvalue weighted by Gasteiger charge is 2.33. The smallest absolute Gasteiger partial charge is 0.163 e. The summed E-state index contributed by atoms with van der Waals surface area (Å²) in [6.07, 6.45) is 4.05. The number of hydrogen-bond acceptors (Lipinski definition) is 6. The first kappa shape index (κ1) is 19.7. The molecule has 152 valence electrons. The van der Waals surface area contributed by atoms with Gasteiger partial charge >= 0.3 is 0 Å². The molecule has 0 bridgehead atoms. The summed E-state index contributed by atoms with van der Waals surface area (Å²) < 4.78 is 5.91. The van der Waals surface area contributed by atoms with Gasteiger partial charge in [-0.05, 0) is 52.0 Å². The fraction of sp³-hybridized carbons (Fsp3) is 0.435. The fourth-order valence-electron chi connectivity index (χ4n) is 3.92. The molecule has 1 aliphatic heterocycles. The molecule has 1 aromatic carbocycles. The average molecular weight is 392 g/mol. The van der Waals surface area contributed by atoms with Crippen LogP contribution < -0.4 is 5.32 Å². The molecule has 0 radical (unpaired) electrons. The molecule has 0 unspecified atom stereocenters. The van der Waals surface area contributed by atoms with E-state index in [4.69, 9.17) is 14.7 Å². The van der Waals surface area contributed by atoms with Crippen LogP contribution in [0.2, 0.25) is 0 Å². The van der Waals surface area contributed by atoms with Gasteiger partial charge in [0.1, 0.15) is 5.82 Å². The van der Waals surface area contributed by atoms with Crippen LogP contribution in [-0.2, 0) is 4.74 Å². The number of fused-ring (bicyclic) bond motifs is 1. The molecule has 2 aromatic heterocycles. The molecule has 6 heteroatoms. The Morgan fingerprint density at radius 3 is 2.55 bits per heavy atom. The first-order valence-corrected chi connectivity index (χ1v) is 10.2. The second-order valence-corrected chi connectivity index (χ2v) is 8.48. The third-order valence-corrected chi connectivity index (χ3v) is 5.49. The van der Waals surface area contributed by atoms with Gasteiger partial charge in [0.15, 0.2) is 5.82 Å². The topological polar surface area (TPSA) is 63.2 Å². The number of rotatable bonds is 5. The molecule has 2 atom stereocenters. The second kappa shape index (κ2) is 8.05. The van der Waals surface area contributed by atoms with E-state index in [9.17, 15) is 0 Å². The molecule has 0 aliphatic carbocycles. The number of hydrogen-bond donors (Lipinski definition) is 1. The van der Waals surface area contributed by atoms with Crippen molar-refractivity contribution >= 4 is 16.7 Å². The van der Waals surface area contributed by atoms with Gasteiger partial charge < -0.3 is 10.1 Å². The molecule has 0 saturated carbocycles. The van der Waals surface area contributed by atoms with Crippen molar-refractivity contribution < 1.29 is 4.74 Å². The molecule has 1 saturated heterocycles. The minimum Gasteiger partial charge on any atom is -0.373 e. The number of aromatic nitrogens is 3. The van der Waals surface area contributed by atoms with Crippen LogP contribution in [0.25, 0.3) is 22.3 Å². The van der Waals surface area contributed by atoms with Gasteiger partial charge in [-0.3, -0.25) is 9.88 Å². The molecule has 0 amide bonds. The summed E-state index contributed by atoms with van der Waals surface area (Å²) in [6, 6.07) is 12.0. The van der Waals surface area contributed by atoms with E-state index in [1.807, 2.05) is 30.3 Å². The first-order chi connectivity index (χ1) is 13.9. The van der Waals surface area contributed by atoms with Crippen molar-refractivity contribution in [1.29, 1.82) is 0 Å².